The normalized spacial score (nSPS) is 18.4. The quantitative estimate of drug-likeness (QED) is 0.556. The van der Waals surface area contributed by atoms with Crippen LogP contribution >= 0.6 is 0 Å². The number of amides is 1. The maximum atomic E-state index is 14.5. The van der Waals surface area contributed by atoms with Crippen molar-refractivity contribution in [2.75, 3.05) is 11.1 Å². The lowest BCUT2D eigenvalue weighted by atomic mass is 9.82. The molecule has 0 bridgehead atoms. The summed E-state index contributed by atoms with van der Waals surface area (Å²) in [6.07, 6.45) is 5.58. The zero-order valence-corrected chi connectivity index (χ0v) is 17.0. The molecule has 4 N–H and O–H groups in total. The average molecular weight is 442 g/mol. The summed E-state index contributed by atoms with van der Waals surface area (Å²) < 4.78 is 42.8. The topological polar surface area (TPSA) is 101 Å². The highest BCUT2D eigenvalue weighted by molar-refractivity contribution is 6.06. The van der Waals surface area contributed by atoms with Crippen LogP contribution in [0.25, 0.3) is 11.3 Å². The van der Waals surface area contributed by atoms with Gasteiger partial charge < -0.3 is 16.2 Å². The third-order valence-corrected chi connectivity index (χ3v) is 5.66. The first-order chi connectivity index (χ1) is 15.3. The second-order valence-electron chi connectivity index (χ2n) is 7.78. The van der Waals surface area contributed by atoms with Gasteiger partial charge in [-0.2, -0.15) is 0 Å². The second kappa shape index (κ2) is 8.96. The van der Waals surface area contributed by atoms with E-state index in [1.54, 1.807) is 12.3 Å². The first kappa shape index (κ1) is 21.8. The number of pyridine rings is 2. The van der Waals surface area contributed by atoms with Crippen LogP contribution in [0.2, 0.25) is 0 Å². The maximum absolute atomic E-state index is 14.5. The Morgan fingerprint density at radius 2 is 1.75 bits per heavy atom. The van der Waals surface area contributed by atoms with Gasteiger partial charge in [-0.25, -0.2) is 18.2 Å². The van der Waals surface area contributed by atoms with Crippen molar-refractivity contribution in [3.05, 3.63) is 71.4 Å². The molecule has 1 aromatic carbocycles. The Morgan fingerprint density at radius 3 is 2.44 bits per heavy atom. The number of carbonyl (C=O) groups is 1. The molecule has 0 unspecified atom stereocenters. The van der Waals surface area contributed by atoms with Gasteiger partial charge >= 0.3 is 0 Å². The van der Waals surface area contributed by atoms with Crippen molar-refractivity contribution in [1.29, 1.82) is 0 Å². The van der Waals surface area contributed by atoms with Gasteiger partial charge in [0.25, 0.3) is 5.91 Å². The predicted octanol–water partition coefficient (Wildman–Crippen LogP) is 4.41. The molecule has 0 atom stereocenters. The number of halogens is 3. The van der Waals surface area contributed by atoms with Crippen LogP contribution in [-0.2, 0) is 0 Å². The zero-order valence-electron chi connectivity index (χ0n) is 17.0. The Hall–Kier alpha value is -3.46. The fraction of sp³-hybridized carbons (Fsp3) is 0.261. The molecule has 6 nitrogen and oxygen atoms in total. The van der Waals surface area contributed by atoms with Crippen LogP contribution in [0.4, 0.5) is 24.5 Å². The molecule has 4 rings (SSSR count). The van der Waals surface area contributed by atoms with Crippen molar-refractivity contribution in [2.45, 2.75) is 37.7 Å². The van der Waals surface area contributed by atoms with Crippen LogP contribution < -0.4 is 11.1 Å². The van der Waals surface area contributed by atoms with Crippen molar-refractivity contribution in [3.63, 3.8) is 0 Å². The number of nitrogens with one attached hydrogen (secondary N) is 1. The third-order valence-electron chi connectivity index (χ3n) is 5.66. The average Bonchev–Trinajstić information content (AvgIpc) is 2.76. The molecule has 166 valence electrons. The fourth-order valence-electron chi connectivity index (χ4n) is 4.02. The molecule has 2 aromatic heterocycles. The van der Waals surface area contributed by atoms with Crippen molar-refractivity contribution in [3.8, 4) is 11.3 Å². The monoisotopic (exact) mass is 442 g/mol. The number of aromatic nitrogens is 2. The summed E-state index contributed by atoms with van der Waals surface area (Å²) in [5, 5.41) is 12.4. The van der Waals surface area contributed by atoms with E-state index in [1.165, 1.54) is 6.20 Å². The van der Waals surface area contributed by atoms with E-state index in [0.717, 1.165) is 42.7 Å². The van der Waals surface area contributed by atoms with Crippen LogP contribution in [0, 0.1) is 17.5 Å². The molecular weight excluding hydrogens is 421 g/mol. The zero-order chi connectivity index (χ0) is 22.8. The number of carbonyl (C=O) groups excluding carboxylic acids is 1. The highest BCUT2D eigenvalue weighted by Crippen LogP contribution is 2.36. The van der Waals surface area contributed by atoms with Crippen LogP contribution in [0.1, 0.15) is 47.7 Å². The number of hydrogen-bond acceptors (Lipinski definition) is 5. The van der Waals surface area contributed by atoms with E-state index in [4.69, 9.17) is 5.73 Å². The van der Waals surface area contributed by atoms with Gasteiger partial charge in [0.05, 0.1) is 29.2 Å². The molecule has 1 fully saturated rings. The third kappa shape index (κ3) is 4.29. The summed E-state index contributed by atoms with van der Waals surface area (Å²) in [6.45, 7) is 0. The first-order valence-corrected chi connectivity index (χ1v) is 10.2. The van der Waals surface area contributed by atoms with E-state index in [0.29, 0.717) is 18.5 Å². The Bertz CT molecular complexity index is 1140. The number of hydrogen-bond donors (Lipinski definition) is 3. The smallest absolute Gasteiger partial charge is 0.276 e. The van der Waals surface area contributed by atoms with E-state index in [1.807, 2.05) is 0 Å². The summed E-state index contributed by atoms with van der Waals surface area (Å²) in [5.41, 5.74) is 5.12. The number of rotatable bonds is 4. The Kier molecular flexibility index (Phi) is 6.09. The number of nitrogen functional groups attached to an aromatic ring is 1. The lowest BCUT2D eigenvalue weighted by Crippen LogP contribution is -2.21. The highest BCUT2D eigenvalue weighted by atomic mass is 19.1. The Balaban J connectivity index is 1.67. The minimum atomic E-state index is -1.05. The molecule has 9 heteroatoms. The molecule has 2 heterocycles. The molecule has 3 aromatic rings. The first-order valence-electron chi connectivity index (χ1n) is 10.2. The second-order valence-corrected chi connectivity index (χ2v) is 7.78. The standard InChI is InChI=1S/C23H21F3N4O2/c24-15-2-1-3-16(25)20(15)21-17(26)10-18(27)22(30-21)23(32)29-19-11-28-9-8-14(19)12-4-6-13(31)7-5-12/h1-3,8-13,31H,4-7,27H2,(H,29,32). The predicted molar refractivity (Wildman–Crippen MR) is 113 cm³/mol. The lowest BCUT2D eigenvalue weighted by molar-refractivity contribution is 0.102. The molecule has 0 radical (unpaired) electrons. The van der Waals surface area contributed by atoms with Gasteiger partial charge in [0, 0.05) is 12.3 Å². The minimum absolute atomic E-state index is 0.123. The molecule has 1 saturated carbocycles. The molecule has 0 aliphatic heterocycles. The maximum Gasteiger partial charge on any atom is 0.276 e. The van der Waals surface area contributed by atoms with Crippen molar-refractivity contribution < 1.29 is 23.1 Å². The van der Waals surface area contributed by atoms with Gasteiger partial charge in [0.15, 0.2) is 11.5 Å². The van der Waals surface area contributed by atoms with Crippen LogP contribution in [0.3, 0.4) is 0 Å². The Morgan fingerprint density at radius 1 is 1.06 bits per heavy atom. The van der Waals surface area contributed by atoms with Gasteiger partial charge in [0.1, 0.15) is 17.3 Å². The Labute approximate surface area is 182 Å². The molecule has 32 heavy (non-hydrogen) atoms. The molecule has 1 aliphatic carbocycles. The van der Waals surface area contributed by atoms with E-state index < -0.39 is 34.6 Å². The van der Waals surface area contributed by atoms with Gasteiger partial charge in [-0.05, 0) is 55.4 Å². The number of nitrogens with two attached hydrogens (primary N) is 1. The van der Waals surface area contributed by atoms with E-state index >= 15 is 0 Å². The van der Waals surface area contributed by atoms with Crippen LogP contribution in [-0.4, -0.2) is 27.1 Å². The minimum Gasteiger partial charge on any atom is -0.397 e. The van der Waals surface area contributed by atoms with Gasteiger partial charge in [0.2, 0.25) is 0 Å². The van der Waals surface area contributed by atoms with Crippen molar-refractivity contribution in [2.24, 2.45) is 0 Å². The van der Waals surface area contributed by atoms with Gasteiger partial charge in [-0.3, -0.25) is 9.78 Å². The van der Waals surface area contributed by atoms with Gasteiger partial charge in [-0.15, -0.1) is 0 Å². The van der Waals surface area contributed by atoms with E-state index in [9.17, 15) is 23.1 Å². The summed E-state index contributed by atoms with van der Waals surface area (Å²) in [4.78, 5) is 20.9. The molecule has 0 spiro atoms. The number of nitrogens with zero attached hydrogens (tertiary/aromatic N) is 2. The molecule has 1 amide bonds. The molecule has 1 aliphatic rings. The number of benzene rings is 1. The van der Waals surface area contributed by atoms with Crippen LogP contribution in [0.5, 0.6) is 0 Å². The number of anilines is 2. The molecule has 0 saturated heterocycles. The number of aliphatic hydroxyl groups is 1. The number of aliphatic hydroxyl groups excluding tert-OH is 1. The largest absolute Gasteiger partial charge is 0.397 e. The van der Waals surface area contributed by atoms with Crippen molar-refractivity contribution in [1.82, 2.24) is 9.97 Å². The van der Waals surface area contributed by atoms with Gasteiger partial charge in [-0.1, -0.05) is 6.07 Å². The lowest BCUT2D eigenvalue weighted by Gasteiger charge is -2.27. The molecular formula is C23H21F3N4O2. The summed E-state index contributed by atoms with van der Waals surface area (Å²) in [7, 11) is 0. The summed E-state index contributed by atoms with van der Waals surface area (Å²) in [6, 6.07) is 5.69. The fourth-order valence-corrected chi connectivity index (χ4v) is 4.02. The van der Waals surface area contributed by atoms with Crippen LogP contribution in [0.15, 0.2) is 42.7 Å². The SMILES string of the molecule is Nc1cc(F)c(-c2c(F)cccc2F)nc1C(=O)Nc1cnccc1C1CCC(O)CC1. The summed E-state index contributed by atoms with van der Waals surface area (Å²) in [5.74, 6) is -3.71. The van der Waals surface area contributed by atoms with Crippen molar-refractivity contribution >= 4 is 17.3 Å². The van der Waals surface area contributed by atoms with E-state index in [-0.39, 0.29) is 23.4 Å². The highest BCUT2D eigenvalue weighted by Gasteiger charge is 2.25. The van der Waals surface area contributed by atoms with E-state index in [2.05, 4.69) is 15.3 Å². The summed E-state index contributed by atoms with van der Waals surface area (Å²) >= 11 is 0.